The third-order valence-corrected chi connectivity index (χ3v) is 3.60. The van der Waals surface area contributed by atoms with E-state index in [-0.39, 0.29) is 26.1 Å². The average molecular weight is 334 g/mol. The van der Waals surface area contributed by atoms with E-state index >= 15 is 0 Å². The molecule has 0 aromatic carbocycles. The molecule has 0 radical (unpaired) electrons. The molecule has 1 rings (SSSR count). The minimum atomic E-state index is -0.910. The number of ether oxygens (including phenoxy) is 2. The summed E-state index contributed by atoms with van der Waals surface area (Å²) in [6.45, 7) is 6.93. The molecule has 2 atom stereocenters. The maximum atomic E-state index is 12.1. The quantitative estimate of drug-likeness (QED) is 0.340. The van der Waals surface area contributed by atoms with Crippen molar-refractivity contribution in [2.75, 3.05) is 6.61 Å². The largest absolute Gasteiger partial charge is 0.466 e. The average Bonchev–Trinajstić information content (AvgIpc) is 2.39. The summed E-state index contributed by atoms with van der Waals surface area (Å²) in [6, 6.07) is 0. The molecule has 5 nitrogen and oxygen atoms in total. The van der Waals surface area contributed by atoms with E-state index in [0.29, 0.717) is 12.8 Å². The third kappa shape index (κ3) is 4.24. The predicted molar refractivity (Wildman–Crippen MR) is 68.0 cm³/mol. The van der Waals surface area contributed by atoms with Crippen molar-refractivity contribution in [2.45, 2.75) is 39.5 Å². The van der Waals surface area contributed by atoms with Crippen LogP contribution in [0, 0.1) is 11.3 Å². The summed E-state index contributed by atoms with van der Waals surface area (Å²) < 4.78 is 9.70. The van der Waals surface area contributed by atoms with Crippen LogP contribution in [0.4, 0.5) is 0 Å². The van der Waals surface area contributed by atoms with Gasteiger partial charge in [-0.1, -0.05) is 19.4 Å². The van der Waals surface area contributed by atoms with Crippen molar-refractivity contribution in [1.82, 2.24) is 0 Å². The number of rotatable bonds is 4. The molecule has 0 N–H and O–H groups in total. The Morgan fingerprint density at radius 3 is 2.55 bits per heavy atom. The van der Waals surface area contributed by atoms with E-state index in [9.17, 15) is 14.4 Å². The van der Waals surface area contributed by atoms with Crippen LogP contribution in [-0.4, -0.2) is 24.5 Å². The van der Waals surface area contributed by atoms with Gasteiger partial charge in [-0.2, -0.15) is 0 Å². The third-order valence-electron chi connectivity index (χ3n) is 3.60. The van der Waals surface area contributed by atoms with E-state index in [2.05, 4.69) is 11.3 Å². The van der Waals surface area contributed by atoms with Crippen LogP contribution in [0.3, 0.4) is 0 Å². The summed E-state index contributed by atoms with van der Waals surface area (Å²) in [5, 5.41) is 0. The zero-order valence-electron chi connectivity index (χ0n) is 12.1. The zero-order valence-corrected chi connectivity index (χ0v) is 15.1. The molecule has 1 saturated carbocycles. The van der Waals surface area contributed by atoms with Crippen molar-refractivity contribution >= 4 is 17.9 Å². The van der Waals surface area contributed by atoms with Crippen LogP contribution in [0.5, 0.6) is 0 Å². The van der Waals surface area contributed by atoms with Crippen LogP contribution in [0.15, 0.2) is 12.7 Å². The molecule has 0 spiro atoms. The minimum Gasteiger partial charge on any atom is -0.466 e. The number of esters is 3. The maximum Gasteiger partial charge on any atom is 0.337 e. The predicted octanol–water partition coefficient (Wildman–Crippen LogP) is 2.00. The molecule has 1 fully saturated rings. The maximum absolute atomic E-state index is 12.1. The van der Waals surface area contributed by atoms with Gasteiger partial charge in [0, 0.05) is 25.6 Å². The molecule has 0 amide bonds. The minimum absolute atomic E-state index is 0. The van der Waals surface area contributed by atoms with E-state index in [1.807, 2.05) is 0 Å². The van der Waals surface area contributed by atoms with Gasteiger partial charge in [0.25, 0.3) is 0 Å². The molecule has 6 heteroatoms. The Kier molecular flexibility index (Phi) is 7.88. The fourth-order valence-corrected chi connectivity index (χ4v) is 2.46. The summed E-state index contributed by atoms with van der Waals surface area (Å²) >= 11 is 0. The first-order chi connectivity index (χ1) is 8.95. The van der Waals surface area contributed by atoms with Gasteiger partial charge in [-0.15, -0.1) is 0 Å². The van der Waals surface area contributed by atoms with Gasteiger partial charge >= 0.3 is 17.9 Å². The molecule has 20 heavy (non-hydrogen) atoms. The molecule has 2 unspecified atom stereocenters. The van der Waals surface area contributed by atoms with E-state index in [4.69, 9.17) is 4.74 Å². The first kappa shape index (κ1) is 19.0. The summed E-state index contributed by atoms with van der Waals surface area (Å²) in [7, 11) is 0. The number of carbonyl (C=O) groups is 3. The van der Waals surface area contributed by atoms with Crippen molar-refractivity contribution in [3.8, 4) is 0 Å². The van der Waals surface area contributed by atoms with E-state index < -0.39 is 29.2 Å². The molecule has 0 aromatic rings. The fraction of sp³-hybridized carbons (Fsp3) is 0.643. The number of hydrogen-bond donors (Lipinski definition) is 0. The first-order valence-corrected chi connectivity index (χ1v) is 6.51. The summed E-state index contributed by atoms with van der Waals surface area (Å²) in [6.07, 6.45) is 3.71. The Hall–Kier alpha value is -1.03. The molecule has 1 aliphatic carbocycles. The van der Waals surface area contributed by atoms with E-state index in [0.717, 1.165) is 18.9 Å². The van der Waals surface area contributed by atoms with Crippen LogP contribution < -0.4 is 0 Å². The molecule has 0 heterocycles. The van der Waals surface area contributed by atoms with Gasteiger partial charge in [-0.3, -0.25) is 9.59 Å². The Morgan fingerprint density at radius 2 is 2.00 bits per heavy atom. The second-order valence-electron chi connectivity index (χ2n) is 4.88. The van der Waals surface area contributed by atoms with Gasteiger partial charge in [0.15, 0.2) is 0 Å². The van der Waals surface area contributed by atoms with Crippen LogP contribution in [0.1, 0.15) is 39.5 Å². The monoisotopic (exact) mass is 332 g/mol. The van der Waals surface area contributed by atoms with Crippen LogP contribution in [-0.2, 0) is 43.3 Å². The Bertz CT molecular complexity index is 393. The SMILES string of the molecule is C=CC(=O)OC(=O)C1CCCCC1(C)C(=O)OCC.[Zn]. The Labute approximate surface area is 131 Å². The second-order valence-corrected chi connectivity index (χ2v) is 4.88. The van der Waals surface area contributed by atoms with Gasteiger partial charge in [0.1, 0.15) is 0 Å². The Balaban J connectivity index is 0.00000361. The summed E-state index contributed by atoms with van der Waals surface area (Å²) in [5.41, 5.74) is -0.910. The standard InChI is InChI=1S/C14H20O5.Zn/c1-4-11(15)19-12(16)10-8-6-7-9-14(10,3)13(17)18-5-2;/h4,10H,1,5-9H2,2-3H3;. The topological polar surface area (TPSA) is 69.7 Å². The van der Waals surface area contributed by atoms with Crippen molar-refractivity contribution in [3.05, 3.63) is 12.7 Å². The van der Waals surface area contributed by atoms with Crippen molar-refractivity contribution in [3.63, 3.8) is 0 Å². The number of hydrogen-bond acceptors (Lipinski definition) is 5. The molecule has 0 aromatic heterocycles. The molecule has 0 bridgehead atoms. The van der Waals surface area contributed by atoms with E-state index in [1.165, 1.54) is 0 Å². The molecule has 108 valence electrons. The van der Waals surface area contributed by atoms with Crippen molar-refractivity contribution < 1.29 is 43.3 Å². The van der Waals surface area contributed by atoms with Gasteiger partial charge in [-0.25, -0.2) is 4.79 Å². The van der Waals surface area contributed by atoms with Crippen LogP contribution in [0.25, 0.3) is 0 Å². The van der Waals surface area contributed by atoms with Crippen molar-refractivity contribution in [2.24, 2.45) is 11.3 Å². The molecule has 1 aliphatic rings. The molecule has 0 saturated heterocycles. The van der Waals surface area contributed by atoms with Gasteiger partial charge in [0.05, 0.1) is 17.9 Å². The molecular formula is C14H20O5Zn. The normalized spacial score (nSPS) is 25.0. The van der Waals surface area contributed by atoms with Gasteiger partial charge < -0.3 is 9.47 Å². The number of carbonyl (C=O) groups excluding carboxylic acids is 3. The smallest absolute Gasteiger partial charge is 0.337 e. The van der Waals surface area contributed by atoms with Gasteiger partial charge in [0.2, 0.25) is 0 Å². The van der Waals surface area contributed by atoms with Crippen LogP contribution in [0.2, 0.25) is 0 Å². The Morgan fingerprint density at radius 1 is 1.35 bits per heavy atom. The fourth-order valence-electron chi connectivity index (χ4n) is 2.46. The van der Waals surface area contributed by atoms with E-state index in [1.54, 1.807) is 13.8 Å². The molecular weight excluding hydrogens is 314 g/mol. The second kappa shape index (κ2) is 8.30. The van der Waals surface area contributed by atoms with Crippen LogP contribution >= 0.6 is 0 Å². The van der Waals surface area contributed by atoms with Gasteiger partial charge in [-0.05, 0) is 26.7 Å². The summed E-state index contributed by atoms with van der Waals surface area (Å²) in [5.74, 6) is -2.49. The van der Waals surface area contributed by atoms with Crippen molar-refractivity contribution in [1.29, 1.82) is 0 Å². The summed E-state index contributed by atoms with van der Waals surface area (Å²) in [4.78, 5) is 35.1. The first-order valence-electron chi connectivity index (χ1n) is 6.51. The molecule has 0 aliphatic heterocycles. The zero-order chi connectivity index (χ0) is 14.5.